The Bertz CT molecular complexity index is 469. The van der Waals surface area contributed by atoms with E-state index >= 15 is 0 Å². The average molecular weight is 258 g/mol. The molecule has 2 bridgehead atoms. The number of hydrogen-bond donors (Lipinski definition) is 1. The van der Waals surface area contributed by atoms with Crippen LogP contribution in [0.15, 0.2) is 6.07 Å². The minimum absolute atomic E-state index is 0.0365. The Kier molecular flexibility index (Phi) is 2.69. The smallest absolute Gasteiger partial charge is 0.251 e. The van der Waals surface area contributed by atoms with E-state index in [1.54, 1.807) is 4.90 Å². The lowest BCUT2D eigenvalue weighted by atomic mass is 10.00. The second kappa shape index (κ2) is 4.12. The third kappa shape index (κ3) is 1.75. The van der Waals surface area contributed by atoms with Gasteiger partial charge in [0.15, 0.2) is 17.5 Å². The molecule has 1 aromatic heterocycles. The molecule has 0 amide bonds. The van der Waals surface area contributed by atoms with Crippen LogP contribution in [0.3, 0.4) is 0 Å². The van der Waals surface area contributed by atoms with Gasteiger partial charge in [-0.05, 0) is 25.7 Å². The number of piperidine rings is 1. The maximum Gasteiger partial charge on any atom is 0.251 e. The highest BCUT2D eigenvalue weighted by molar-refractivity contribution is 5.45. The van der Waals surface area contributed by atoms with Gasteiger partial charge < -0.3 is 10.0 Å². The molecular formula is C12H13F3N2O. The summed E-state index contributed by atoms with van der Waals surface area (Å²) in [6.45, 7) is 0. The van der Waals surface area contributed by atoms with E-state index in [0.29, 0.717) is 18.9 Å². The van der Waals surface area contributed by atoms with E-state index < -0.39 is 23.7 Å². The Hall–Kier alpha value is -1.30. The fourth-order valence-corrected chi connectivity index (χ4v) is 3.11. The highest BCUT2D eigenvalue weighted by Crippen LogP contribution is 2.39. The molecule has 98 valence electrons. The molecular weight excluding hydrogens is 245 g/mol. The Morgan fingerprint density at radius 1 is 1.11 bits per heavy atom. The van der Waals surface area contributed by atoms with Gasteiger partial charge in [-0.2, -0.15) is 9.37 Å². The first-order valence-corrected chi connectivity index (χ1v) is 6.04. The molecule has 0 aliphatic carbocycles. The van der Waals surface area contributed by atoms with Crippen molar-refractivity contribution in [2.75, 3.05) is 4.90 Å². The Balaban J connectivity index is 1.98. The molecule has 18 heavy (non-hydrogen) atoms. The van der Waals surface area contributed by atoms with Crippen LogP contribution < -0.4 is 4.90 Å². The summed E-state index contributed by atoms with van der Waals surface area (Å²) in [6.07, 6.45) is 2.30. The first-order chi connectivity index (χ1) is 8.56. The zero-order valence-corrected chi connectivity index (χ0v) is 9.61. The van der Waals surface area contributed by atoms with Crippen molar-refractivity contribution >= 4 is 5.82 Å². The van der Waals surface area contributed by atoms with Crippen molar-refractivity contribution in [3.8, 4) is 0 Å². The monoisotopic (exact) mass is 258 g/mol. The Labute approximate surface area is 102 Å². The predicted molar refractivity (Wildman–Crippen MR) is 58.6 cm³/mol. The van der Waals surface area contributed by atoms with Crippen molar-refractivity contribution in [1.82, 2.24) is 4.98 Å². The van der Waals surface area contributed by atoms with E-state index in [2.05, 4.69) is 4.98 Å². The van der Waals surface area contributed by atoms with Gasteiger partial charge in [-0.1, -0.05) is 0 Å². The first-order valence-electron chi connectivity index (χ1n) is 6.04. The number of aliphatic hydroxyl groups is 1. The largest absolute Gasteiger partial charge is 0.393 e. The maximum atomic E-state index is 13.7. The van der Waals surface area contributed by atoms with Crippen molar-refractivity contribution < 1.29 is 18.3 Å². The number of rotatable bonds is 1. The van der Waals surface area contributed by atoms with E-state index in [4.69, 9.17) is 0 Å². The van der Waals surface area contributed by atoms with Crippen LogP contribution in [0.25, 0.3) is 0 Å². The van der Waals surface area contributed by atoms with Crippen LogP contribution in [0, 0.1) is 17.6 Å². The highest BCUT2D eigenvalue weighted by atomic mass is 19.2. The van der Waals surface area contributed by atoms with E-state index in [0.717, 1.165) is 12.8 Å². The second-order valence-electron chi connectivity index (χ2n) is 4.98. The van der Waals surface area contributed by atoms with E-state index in [1.807, 2.05) is 0 Å². The lowest BCUT2D eigenvalue weighted by Gasteiger charge is -2.38. The van der Waals surface area contributed by atoms with Crippen LogP contribution in [0.5, 0.6) is 0 Å². The highest BCUT2D eigenvalue weighted by Gasteiger charge is 2.42. The minimum atomic E-state index is -1.28. The molecule has 3 rings (SSSR count). The zero-order chi connectivity index (χ0) is 12.9. The molecule has 2 saturated heterocycles. The molecule has 3 heterocycles. The zero-order valence-electron chi connectivity index (χ0n) is 9.61. The molecule has 1 aromatic rings. The Morgan fingerprint density at radius 2 is 1.72 bits per heavy atom. The van der Waals surface area contributed by atoms with Gasteiger partial charge >= 0.3 is 0 Å². The van der Waals surface area contributed by atoms with Gasteiger partial charge in [0.25, 0.3) is 5.95 Å². The summed E-state index contributed by atoms with van der Waals surface area (Å²) < 4.78 is 39.7. The summed E-state index contributed by atoms with van der Waals surface area (Å²) >= 11 is 0. The van der Waals surface area contributed by atoms with Crippen molar-refractivity contribution in [2.45, 2.75) is 43.9 Å². The number of aromatic nitrogens is 1. The lowest BCUT2D eigenvalue weighted by molar-refractivity contribution is 0.125. The summed E-state index contributed by atoms with van der Waals surface area (Å²) in [4.78, 5) is 5.09. The van der Waals surface area contributed by atoms with Crippen molar-refractivity contribution in [3.63, 3.8) is 0 Å². The number of pyridine rings is 1. The number of hydrogen-bond acceptors (Lipinski definition) is 3. The van der Waals surface area contributed by atoms with Crippen LogP contribution in [0.2, 0.25) is 0 Å². The van der Waals surface area contributed by atoms with Crippen molar-refractivity contribution in [3.05, 3.63) is 23.6 Å². The minimum Gasteiger partial charge on any atom is -0.393 e. The SMILES string of the molecule is OC1CC2CCC(C1)N2c1nc(F)c(F)cc1F. The van der Waals surface area contributed by atoms with Crippen LogP contribution in [0.4, 0.5) is 19.0 Å². The number of fused-ring (bicyclic) bond motifs is 2. The second-order valence-corrected chi connectivity index (χ2v) is 4.98. The summed E-state index contributed by atoms with van der Waals surface area (Å²) in [7, 11) is 0. The topological polar surface area (TPSA) is 36.4 Å². The third-order valence-electron chi connectivity index (χ3n) is 3.82. The van der Waals surface area contributed by atoms with E-state index in [-0.39, 0.29) is 17.9 Å². The fraction of sp³-hybridized carbons (Fsp3) is 0.583. The van der Waals surface area contributed by atoms with Crippen LogP contribution >= 0.6 is 0 Å². The summed E-state index contributed by atoms with van der Waals surface area (Å²) in [5, 5.41) is 9.65. The molecule has 1 N–H and O–H groups in total. The third-order valence-corrected chi connectivity index (χ3v) is 3.82. The molecule has 3 nitrogen and oxygen atoms in total. The lowest BCUT2D eigenvalue weighted by Crippen LogP contribution is -2.45. The van der Waals surface area contributed by atoms with Gasteiger partial charge in [0.05, 0.1) is 6.10 Å². The number of anilines is 1. The molecule has 2 aliphatic heterocycles. The standard InChI is InChI=1S/C12H13F3N2O/c13-9-5-10(14)12(16-11(9)15)17-6-1-2-7(17)4-8(18)3-6/h5-8,18H,1-4H2. The van der Waals surface area contributed by atoms with Gasteiger partial charge in [0.1, 0.15) is 0 Å². The molecule has 2 aliphatic rings. The molecule has 2 unspecified atom stereocenters. The fourth-order valence-electron chi connectivity index (χ4n) is 3.11. The molecule has 0 saturated carbocycles. The molecule has 6 heteroatoms. The van der Waals surface area contributed by atoms with E-state index in [9.17, 15) is 18.3 Å². The molecule has 2 atom stereocenters. The molecule has 0 aromatic carbocycles. The van der Waals surface area contributed by atoms with Crippen LogP contribution in [-0.4, -0.2) is 28.3 Å². The van der Waals surface area contributed by atoms with Crippen LogP contribution in [-0.2, 0) is 0 Å². The normalized spacial score (nSPS) is 30.9. The molecule has 0 spiro atoms. The summed E-state index contributed by atoms with van der Waals surface area (Å²) in [6, 6.07) is 0.457. The summed E-state index contributed by atoms with van der Waals surface area (Å²) in [5.74, 6) is -3.53. The van der Waals surface area contributed by atoms with Crippen molar-refractivity contribution in [2.24, 2.45) is 0 Å². The number of nitrogens with zero attached hydrogens (tertiary/aromatic N) is 2. The number of aliphatic hydroxyl groups excluding tert-OH is 1. The predicted octanol–water partition coefficient (Wildman–Crippen LogP) is 1.99. The van der Waals surface area contributed by atoms with Gasteiger partial charge in [-0.15, -0.1) is 0 Å². The van der Waals surface area contributed by atoms with Gasteiger partial charge in [-0.3, -0.25) is 0 Å². The first kappa shape index (κ1) is 11.8. The van der Waals surface area contributed by atoms with Gasteiger partial charge in [-0.25, -0.2) is 8.78 Å². The molecule has 0 radical (unpaired) electrons. The van der Waals surface area contributed by atoms with E-state index in [1.165, 1.54) is 0 Å². The van der Waals surface area contributed by atoms with Crippen molar-refractivity contribution in [1.29, 1.82) is 0 Å². The van der Waals surface area contributed by atoms with Crippen LogP contribution in [0.1, 0.15) is 25.7 Å². The maximum absolute atomic E-state index is 13.7. The average Bonchev–Trinajstić information content (AvgIpc) is 2.56. The summed E-state index contributed by atoms with van der Waals surface area (Å²) in [5.41, 5.74) is 0. The van der Waals surface area contributed by atoms with Gasteiger partial charge in [0, 0.05) is 18.2 Å². The molecule has 2 fully saturated rings. The quantitative estimate of drug-likeness (QED) is 0.783. The number of halogens is 3. The van der Waals surface area contributed by atoms with Gasteiger partial charge in [0.2, 0.25) is 0 Å². The Morgan fingerprint density at radius 3 is 2.33 bits per heavy atom.